The standard InChI is InChI=1S/C15H26N2O/c1-12(10-17(4)13(2)11-18)15(16-3)14-8-6-5-7-9-14/h5-9,12-13,15-16,18H,10-11H2,1-4H3. The van der Waals surface area contributed by atoms with Crippen molar-refractivity contribution >= 4 is 0 Å². The van der Waals surface area contributed by atoms with E-state index in [1.807, 2.05) is 20.0 Å². The van der Waals surface area contributed by atoms with E-state index in [1.54, 1.807) is 0 Å². The highest BCUT2D eigenvalue weighted by Gasteiger charge is 2.20. The predicted octanol–water partition coefficient (Wildman–Crippen LogP) is 1.90. The fourth-order valence-corrected chi connectivity index (χ4v) is 2.32. The van der Waals surface area contributed by atoms with Crippen LogP contribution in [0.25, 0.3) is 0 Å². The summed E-state index contributed by atoms with van der Waals surface area (Å²) in [6.45, 7) is 5.46. The first-order valence-electron chi connectivity index (χ1n) is 6.63. The highest BCUT2D eigenvalue weighted by Crippen LogP contribution is 2.22. The topological polar surface area (TPSA) is 35.5 Å². The average Bonchev–Trinajstić information content (AvgIpc) is 2.39. The molecule has 0 fully saturated rings. The summed E-state index contributed by atoms with van der Waals surface area (Å²) in [6, 6.07) is 11.1. The van der Waals surface area contributed by atoms with E-state index in [0.29, 0.717) is 12.0 Å². The maximum absolute atomic E-state index is 9.17. The number of aliphatic hydroxyl groups excluding tert-OH is 1. The summed E-state index contributed by atoms with van der Waals surface area (Å²) < 4.78 is 0. The number of hydrogen-bond acceptors (Lipinski definition) is 3. The Hall–Kier alpha value is -0.900. The van der Waals surface area contributed by atoms with Crippen LogP contribution in [-0.2, 0) is 0 Å². The molecule has 0 radical (unpaired) electrons. The molecule has 0 saturated carbocycles. The van der Waals surface area contributed by atoms with Crippen LogP contribution in [0.15, 0.2) is 30.3 Å². The molecule has 0 heterocycles. The van der Waals surface area contributed by atoms with E-state index >= 15 is 0 Å². The molecule has 0 aliphatic rings. The lowest BCUT2D eigenvalue weighted by Crippen LogP contribution is -2.38. The lowest BCUT2D eigenvalue weighted by Gasteiger charge is -2.31. The first-order chi connectivity index (χ1) is 8.60. The van der Waals surface area contributed by atoms with Crippen LogP contribution < -0.4 is 5.32 Å². The molecule has 1 aromatic rings. The summed E-state index contributed by atoms with van der Waals surface area (Å²) in [6.07, 6.45) is 0. The number of likely N-dealkylation sites (N-methyl/N-ethyl adjacent to an activating group) is 1. The number of nitrogens with zero attached hydrogens (tertiary/aromatic N) is 1. The Balaban J connectivity index is 2.66. The maximum atomic E-state index is 9.17. The zero-order valence-electron chi connectivity index (χ0n) is 11.9. The predicted molar refractivity (Wildman–Crippen MR) is 76.6 cm³/mol. The van der Waals surface area contributed by atoms with Crippen LogP contribution in [-0.4, -0.2) is 43.3 Å². The van der Waals surface area contributed by atoms with Crippen molar-refractivity contribution in [3.63, 3.8) is 0 Å². The monoisotopic (exact) mass is 250 g/mol. The summed E-state index contributed by atoms with van der Waals surface area (Å²) in [7, 11) is 4.07. The Bertz CT molecular complexity index is 329. The van der Waals surface area contributed by atoms with Gasteiger partial charge in [-0.2, -0.15) is 0 Å². The van der Waals surface area contributed by atoms with E-state index in [2.05, 4.69) is 48.5 Å². The smallest absolute Gasteiger partial charge is 0.0584 e. The minimum atomic E-state index is 0.207. The molecule has 2 N–H and O–H groups in total. The molecule has 0 aliphatic carbocycles. The fraction of sp³-hybridized carbons (Fsp3) is 0.600. The zero-order chi connectivity index (χ0) is 13.5. The van der Waals surface area contributed by atoms with Gasteiger partial charge in [-0.25, -0.2) is 0 Å². The molecule has 0 spiro atoms. The second kappa shape index (κ2) is 7.52. The number of hydrogen-bond donors (Lipinski definition) is 2. The van der Waals surface area contributed by atoms with Crippen molar-refractivity contribution < 1.29 is 5.11 Å². The van der Waals surface area contributed by atoms with Gasteiger partial charge in [-0.15, -0.1) is 0 Å². The molecule has 1 rings (SSSR count). The van der Waals surface area contributed by atoms with Crippen LogP contribution >= 0.6 is 0 Å². The Labute approximate surface area is 111 Å². The third-order valence-electron chi connectivity index (χ3n) is 3.63. The highest BCUT2D eigenvalue weighted by molar-refractivity contribution is 5.19. The summed E-state index contributed by atoms with van der Waals surface area (Å²) >= 11 is 0. The molecule has 0 aliphatic heterocycles. The van der Waals surface area contributed by atoms with Gasteiger partial charge in [0, 0.05) is 18.6 Å². The van der Waals surface area contributed by atoms with Gasteiger partial charge in [-0.05, 0) is 32.5 Å². The third-order valence-corrected chi connectivity index (χ3v) is 3.63. The maximum Gasteiger partial charge on any atom is 0.0584 e. The lowest BCUT2D eigenvalue weighted by molar-refractivity contribution is 0.137. The van der Waals surface area contributed by atoms with Crippen LogP contribution in [0.4, 0.5) is 0 Å². The molecule has 0 amide bonds. The molecule has 1 aromatic carbocycles. The molecule has 0 bridgehead atoms. The van der Waals surface area contributed by atoms with Crippen molar-refractivity contribution in [2.75, 3.05) is 27.2 Å². The van der Waals surface area contributed by atoms with Gasteiger partial charge in [0.25, 0.3) is 0 Å². The van der Waals surface area contributed by atoms with Gasteiger partial charge in [0.05, 0.1) is 6.61 Å². The Morgan fingerprint density at radius 2 is 1.83 bits per heavy atom. The summed E-state index contributed by atoms with van der Waals surface area (Å²) in [5, 5.41) is 12.6. The van der Waals surface area contributed by atoms with Gasteiger partial charge in [0.15, 0.2) is 0 Å². The molecule has 102 valence electrons. The largest absolute Gasteiger partial charge is 0.395 e. The van der Waals surface area contributed by atoms with Crippen molar-refractivity contribution in [2.45, 2.75) is 25.9 Å². The summed E-state index contributed by atoms with van der Waals surface area (Å²) in [4.78, 5) is 2.21. The van der Waals surface area contributed by atoms with Gasteiger partial charge in [0.1, 0.15) is 0 Å². The van der Waals surface area contributed by atoms with E-state index in [4.69, 9.17) is 0 Å². The molecular weight excluding hydrogens is 224 g/mol. The van der Waals surface area contributed by atoms with E-state index in [0.717, 1.165) is 6.54 Å². The lowest BCUT2D eigenvalue weighted by atomic mass is 9.94. The van der Waals surface area contributed by atoms with Crippen molar-refractivity contribution in [1.82, 2.24) is 10.2 Å². The van der Waals surface area contributed by atoms with E-state index < -0.39 is 0 Å². The molecule has 18 heavy (non-hydrogen) atoms. The van der Waals surface area contributed by atoms with Crippen molar-refractivity contribution in [3.8, 4) is 0 Å². The van der Waals surface area contributed by atoms with Crippen LogP contribution in [0.1, 0.15) is 25.5 Å². The van der Waals surface area contributed by atoms with E-state index in [9.17, 15) is 5.11 Å². The van der Waals surface area contributed by atoms with Gasteiger partial charge in [-0.3, -0.25) is 0 Å². The number of rotatable bonds is 7. The van der Waals surface area contributed by atoms with Crippen molar-refractivity contribution in [3.05, 3.63) is 35.9 Å². The highest BCUT2D eigenvalue weighted by atomic mass is 16.3. The van der Waals surface area contributed by atoms with Crippen LogP contribution in [0.2, 0.25) is 0 Å². The number of aliphatic hydroxyl groups is 1. The van der Waals surface area contributed by atoms with E-state index in [1.165, 1.54) is 5.56 Å². The third kappa shape index (κ3) is 4.09. The fourth-order valence-electron chi connectivity index (χ4n) is 2.32. The average molecular weight is 250 g/mol. The minimum absolute atomic E-state index is 0.207. The minimum Gasteiger partial charge on any atom is -0.395 e. The second-order valence-electron chi connectivity index (χ2n) is 5.13. The molecule has 3 heteroatoms. The Morgan fingerprint density at radius 1 is 1.22 bits per heavy atom. The van der Waals surface area contributed by atoms with Gasteiger partial charge >= 0.3 is 0 Å². The first kappa shape index (κ1) is 15.2. The normalized spacial score (nSPS) is 16.6. The Morgan fingerprint density at radius 3 is 2.33 bits per heavy atom. The Kier molecular flexibility index (Phi) is 6.33. The van der Waals surface area contributed by atoms with E-state index in [-0.39, 0.29) is 12.6 Å². The molecule has 3 nitrogen and oxygen atoms in total. The number of benzene rings is 1. The van der Waals surface area contributed by atoms with Crippen LogP contribution in [0.5, 0.6) is 0 Å². The van der Waals surface area contributed by atoms with Gasteiger partial charge in [0.2, 0.25) is 0 Å². The van der Waals surface area contributed by atoms with Gasteiger partial charge < -0.3 is 15.3 Å². The van der Waals surface area contributed by atoms with Crippen LogP contribution in [0, 0.1) is 5.92 Å². The molecule has 3 unspecified atom stereocenters. The zero-order valence-corrected chi connectivity index (χ0v) is 11.9. The molecular formula is C15H26N2O. The summed E-state index contributed by atoms with van der Waals surface area (Å²) in [5.41, 5.74) is 1.32. The van der Waals surface area contributed by atoms with Gasteiger partial charge in [-0.1, -0.05) is 37.3 Å². The van der Waals surface area contributed by atoms with Crippen molar-refractivity contribution in [1.29, 1.82) is 0 Å². The first-order valence-corrected chi connectivity index (χ1v) is 6.63. The van der Waals surface area contributed by atoms with Crippen molar-refractivity contribution in [2.24, 2.45) is 5.92 Å². The molecule has 0 aromatic heterocycles. The molecule has 0 saturated heterocycles. The SMILES string of the molecule is CNC(c1ccccc1)C(C)CN(C)C(C)CO. The number of nitrogens with one attached hydrogen (secondary N) is 1. The summed E-state index contributed by atoms with van der Waals surface area (Å²) in [5.74, 6) is 0.483. The van der Waals surface area contributed by atoms with Crippen LogP contribution in [0.3, 0.4) is 0 Å². The quantitative estimate of drug-likeness (QED) is 0.776. The second-order valence-corrected chi connectivity index (χ2v) is 5.13. The molecule has 3 atom stereocenters.